The lowest BCUT2D eigenvalue weighted by atomic mass is 9.98. The molecule has 4 heteroatoms. The second-order valence-corrected chi connectivity index (χ2v) is 5.91. The molecular formula is C19H19NO3. The molecule has 0 saturated heterocycles. The quantitative estimate of drug-likeness (QED) is 0.880. The van der Waals surface area contributed by atoms with Crippen molar-refractivity contribution < 1.29 is 14.7 Å². The van der Waals surface area contributed by atoms with Gasteiger partial charge in [0, 0.05) is 17.8 Å². The molecule has 0 fully saturated rings. The molecule has 0 aliphatic carbocycles. The average molecular weight is 309 g/mol. The highest BCUT2D eigenvalue weighted by molar-refractivity contribution is 6.02. The highest BCUT2D eigenvalue weighted by Crippen LogP contribution is 2.27. The molecule has 0 amide bonds. The third kappa shape index (κ3) is 3.11. The summed E-state index contributed by atoms with van der Waals surface area (Å²) in [5.41, 5.74) is 3.83. The van der Waals surface area contributed by atoms with Gasteiger partial charge in [-0.1, -0.05) is 24.3 Å². The largest absolute Gasteiger partial charge is 0.478 e. The van der Waals surface area contributed by atoms with Gasteiger partial charge in [-0.2, -0.15) is 0 Å². The smallest absolute Gasteiger partial charge is 0.335 e. The molecule has 4 nitrogen and oxygen atoms in total. The van der Waals surface area contributed by atoms with Crippen molar-refractivity contribution in [1.29, 1.82) is 0 Å². The Balaban J connectivity index is 1.86. The zero-order valence-corrected chi connectivity index (χ0v) is 13.1. The van der Waals surface area contributed by atoms with E-state index in [0.29, 0.717) is 5.56 Å². The van der Waals surface area contributed by atoms with Crippen LogP contribution in [-0.4, -0.2) is 29.9 Å². The Bertz CT molecular complexity index is 767. The molecule has 0 atom stereocenters. The molecule has 1 heterocycles. The molecule has 1 aliphatic rings. The lowest BCUT2D eigenvalue weighted by molar-refractivity contribution is 0.0697. The zero-order valence-electron chi connectivity index (χ0n) is 13.1. The summed E-state index contributed by atoms with van der Waals surface area (Å²) in [5.74, 6) is -1.05. The summed E-state index contributed by atoms with van der Waals surface area (Å²) in [6, 6.07) is 12.9. The number of hydrogen-bond acceptors (Lipinski definition) is 3. The molecule has 1 aliphatic heterocycles. The molecule has 1 N–H and O–H groups in total. The summed E-state index contributed by atoms with van der Waals surface area (Å²) in [6.07, 6.45) is 2.06. The van der Waals surface area contributed by atoms with Gasteiger partial charge in [-0.3, -0.25) is 4.79 Å². The number of carboxylic acid groups (broad SMARTS) is 1. The van der Waals surface area contributed by atoms with Crippen molar-refractivity contribution in [3.05, 3.63) is 64.7 Å². The normalized spacial score (nSPS) is 13.5. The number of carboxylic acids is 1. The molecule has 23 heavy (non-hydrogen) atoms. The maximum absolute atomic E-state index is 12.7. The minimum atomic E-state index is -1.01. The molecular weight excluding hydrogens is 290 g/mol. The van der Waals surface area contributed by atoms with Crippen molar-refractivity contribution in [3.63, 3.8) is 0 Å². The van der Waals surface area contributed by atoms with Gasteiger partial charge < -0.3 is 10.0 Å². The van der Waals surface area contributed by atoms with Gasteiger partial charge in [0.1, 0.15) is 0 Å². The van der Waals surface area contributed by atoms with Crippen LogP contribution in [0.25, 0.3) is 0 Å². The first-order valence-electron chi connectivity index (χ1n) is 7.76. The van der Waals surface area contributed by atoms with E-state index in [2.05, 4.69) is 11.0 Å². The Morgan fingerprint density at radius 1 is 1.17 bits per heavy atom. The number of rotatable bonds is 4. The highest BCUT2D eigenvalue weighted by atomic mass is 16.4. The summed E-state index contributed by atoms with van der Waals surface area (Å²) in [5, 5.41) is 9.11. The van der Waals surface area contributed by atoms with Crippen molar-refractivity contribution in [2.45, 2.75) is 19.8 Å². The van der Waals surface area contributed by atoms with Gasteiger partial charge in [0.2, 0.25) is 0 Å². The molecule has 3 rings (SSSR count). The van der Waals surface area contributed by atoms with Crippen LogP contribution in [0.15, 0.2) is 42.5 Å². The lowest BCUT2D eigenvalue weighted by Gasteiger charge is -2.30. The summed E-state index contributed by atoms with van der Waals surface area (Å²) in [4.78, 5) is 25.9. The van der Waals surface area contributed by atoms with Crippen molar-refractivity contribution in [3.8, 4) is 0 Å². The Hall–Kier alpha value is -2.62. The fourth-order valence-corrected chi connectivity index (χ4v) is 3.09. The van der Waals surface area contributed by atoms with E-state index in [0.717, 1.165) is 30.6 Å². The van der Waals surface area contributed by atoms with Crippen LogP contribution in [0.2, 0.25) is 0 Å². The first kappa shape index (κ1) is 15.3. The SMILES string of the molecule is Cc1ccc(C(=O)O)cc1C(=O)CN1CCCc2ccccc21. The van der Waals surface area contributed by atoms with Crippen molar-refractivity contribution in [2.24, 2.45) is 0 Å². The summed E-state index contributed by atoms with van der Waals surface area (Å²) < 4.78 is 0. The second kappa shape index (κ2) is 6.24. The van der Waals surface area contributed by atoms with E-state index in [1.54, 1.807) is 6.07 Å². The van der Waals surface area contributed by atoms with Crippen LogP contribution in [0.4, 0.5) is 5.69 Å². The number of para-hydroxylation sites is 1. The Kier molecular flexibility index (Phi) is 4.15. The van der Waals surface area contributed by atoms with E-state index in [1.165, 1.54) is 17.7 Å². The van der Waals surface area contributed by atoms with E-state index in [4.69, 9.17) is 5.11 Å². The number of fused-ring (bicyclic) bond motifs is 1. The Morgan fingerprint density at radius 2 is 1.96 bits per heavy atom. The molecule has 118 valence electrons. The monoisotopic (exact) mass is 309 g/mol. The molecule has 0 unspecified atom stereocenters. The van der Waals surface area contributed by atoms with E-state index in [-0.39, 0.29) is 17.9 Å². The lowest BCUT2D eigenvalue weighted by Crippen LogP contribution is -2.34. The third-order valence-corrected chi connectivity index (χ3v) is 4.33. The minimum absolute atomic E-state index is 0.0395. The van der Waals surface area contributed by atoms with Crippen LogP contribution in [0.3, 0.4) is 0 Å². The standard InChI is InChI=1S/C19H19NO3/c1-13-8-9-15(19(22)23)11-16(13)18(21)12-20-10-4-6-14-5-2-3-7-17(14)20/h2-3,5,7-9,11H,4,6,10,12H2,1H3,(H,22,23). The molecule has 0 spiro atoms. The van der Waals surface area contributed by atoms with E-state index in [9.17, 15) is 9.59 Å². The van der Waals surface area contributed by atoms with Gasteiger partial charge >= 0.3 is 5.97 Å². The number of aryl methyl sites for hydroxylation is 2. The first-order chi connectivity index (χ1) is 11.1. The first-order valence-corrected chi connectivity index (χ1v) is 7.76. The molecule has 2 aromatic carbocycles. The van der Waals surface area contributed by atoms with Gasteiger partial charge in [-0.15, -0.1) is 0 Å². The van der Waals surface area contributed by atoms with Gasteiger partial charge in [0.25, 0.3) is 0 Å². The Morgan fingerprint density at radius 3 is 2.74 bits per heavy atom. The van der Waals surface area contributed by atoms with Gasteiger partial charge in [-0.05, 0) is 49.1 Å². The molecule has 0 aromatic heterocycles. The topological polar surface area (TPSA) is 57.6 Å². The maximum Gasteiger partial charge on any atom is 0.335 e. The van der Waals surface area contributed by atoms with E-state index < -0.39 is 5.97 Å². The van der Waals surface area contributed by atoms with Crippen LogP contribution < -0.4 is 4.90 Å². The number of Topliss-reactive ketones (excluding diaryl/α,β-unsaturated/α-hetero) is 1. The molecule has 2 aromatic rings. The van der Waals surface area contributed by atoms with Crippen LogP contribution in [0.5, 0.6) is 0 Å². The number of benzene rings is 2. The summed E-state index contributed by atoms with van der Waals surface area (Å²) in [7, 11) is 0. The van der Waals surface area contributed by atoms with Crippen LogP contribution in [0, 0.1) is 6.92 Å². The maximum atomic E-state index is 12.7. The van der Waals surface area contributed by atoms with Crippen molar-refractivity contribution >= 4 is 17.4 Å². The van der Waals surface area contributed by atoms with E-state index in [1.807, 2.05) is 25.1 Å². The number of ketones is 1. The number of anilines is 1. The fraction of sp³-hybridized carbons (Fsp3) is 0.263. The summed E-state index contributed by atoms with van der Waals surface area (Å²) in [6.45, 7) is 2.96. The van der Waals surface area contributed by atoms with Crippen molar-refractivity contribution in [1.82, 2.24) is 0 Å². The number of carbonyl (C=O) groups excluding carboxylic acids is 1. The van der Waals surface area contributed by atoms with Gasteiger partial charge in [0.15, 0.2) is 5.78 Å². The second-order valence-electron chi connectivity index (χ2n) is 5.91. The number of carbonyl (C=O) groups is 2. The Labute approximate surface area is 135 Å². The van der Waals surface area contributed by atoms with Gasteiger partial charge in [-0.25, -0.2) is 4.79 Å². The van der Waals surface area contributed by atoms with Crippen LogP contribution >= 0.6 is 0 Å². The number of nitrogens with zero attached hydrogens (tertiary/aromatic N) is 1. The summed E-state index contributed by atoms with van der Waals surface area (Å²) >= 11 is 0. The van der Waals surface area contributed by atoms with E-state index >= 15 is 0 Å². The fourth-order valence-electron chi connectivity index (χ4n) is 3.09. The number of hydrogen-bond donors (Lipinski definition) is 1. The van der Waals surface area contributed by atoms with Crippen molar-refractivity contribution in [2.75, 3.05) is 18.0 Å². The third-order valence-electron chi connectivity index (χ3n) is 4.33. The highest BCUT2D eigenvalue weighted by Gasteiger charge is 2.20. The molecule has 0 radical (unpaired) electrons. The molecule has 0 bridgehead atoms. The molecule has 0 saturated carbocycles. The van der Waals surface area contributed by atoms with Gasteiger partial charge in [0.05, 0.1) is 12.1 Å². The minimum Gasteiger partial charge on any atom is -0.478 e. The predicted octanol–water partition coefficient (Wildman–Crippen LogP) is 3.33. The van der Waals surface area contributed by atoms with Crippen LogP contribution in [-0.2, 0) is 6.42 Å². The average Bonchev–Trinajstić information content (AvgIpc) is 2.55. The van der Waals surface area contributed by atoms with Crippen LogP contribution in [0.1, 0.15) is 38.3 Å². The predicted molar refractivity (Wildman–Crippen MR) is 89.4 cm³/mol. The number of aromatic carboxylic acids is 1. The zero-order chi connectivity index (χ0) is 16.4.